The van der Waals surface area contributed by atoms with Crippen molar-refractivity contribution in [3.8, 4) is 67.3 Å². The van der Waals surface area contributed by atoms with Crippen LogP contribution in [0.3, 0.4) is 0 Å². The Balaban J connectivity index is 0.000000143. The zero-order valence-electron chi connectivity index (χ0n) is 64.6. The van der Waals surface area contributed by atoms with E-state index in [9.17, 15) is 0 Å². The summed E-state index contributed by atoms with van der Waals surface area (Å²) in [4.78, 5) is 4.76. The summed E-state index contributed by atoms with van der Waals surface area (Å²) in [6, 6.07) is 167. The van der Waals surface area contributed by atoms with Crippen LogP contribution in [-0.4, -0.2) is 18.3 Å². The van der Waals surface area contributed by atoms with Crippen LogP contribution in [0.5, 0.6) is 0 Å². The Bertz CT molecular complexity index is 7570. The van der Waals surface area contributed by atoms with Crippen molar-refractivity contribution in [3.63, 3.8) is 0 Å². The quantitative estimate of drug-likeness (QED) is 0.108. The van der Waals surface area contributed by atoms with E-state index in [0.717, 1.165) is 56.9 Å². The summed E-state index contributed by atoms with van der Waals surface area (Å²) in [5, 5.41) is 12.4. The highest BCUT2D eigenvalue weighted by molar-refractivity contribution is 6.15. The molecule has 0 aliphatic rings. The second kappa shape index (κ2) is 29.3. The van der Waals surface area contributed by atoms with Gasteiger partial charge in [-0.05, 0) is 214 Å². The predicted octanol–water partition coefficient (Wildman–Crippen LogP) is 30.5. The first kappa shape index (κ1) is 69.0. The van der Waals surface area contributed by atoms with Gasteiger partial charge in [0, 0.05) is 99.7 Å². The van der Waals surface area contributed by atoms with Crippen molar-refractivity contribution in [1.29, 1.82) is 0 Å². The van der Waals surface area contributed by atoms with Crippen molar-refractivity contribution >= 4 is 132 Å². The molecule has 19 aromatic carbocycles. The maximum absolute atomic E-state index is 2.41. The number of aromatic nitrogens is 4. The fourth-order valence-corrected chi connectivity index (χ4v) is 18.2. The van der Waals surface area contributed by atoms with Crippen molar-refractivity contribution in [1.82, 2.24) is 18.3 Å². The van der Waals surface area contributed by atoms with Crippen LogP contribution in [0.1, 0.15) is 0 Å². The second-order valence-electron chi connectivity index (χ2n) is 30.3. The highest BCUT2D eigenvalue weighted by Gasteiger charge is 2.23. The van der Waals surface area contributed by atoms with Gasteiger partial charge in [-0.25, -0.2) is 0 Å². The molecule has 4 aromatic heterocycles. The molecule has 0 saturated carbocycles. The number of nitrogens with zero attached hydrogens (tertiary/aromatic N) is 6. The van der Waals surface area contributed by atoms with Gasteiger partial charge in [0.15, 0.2) is 0 Å². The van der Waals surface area contributed by atoms with Gasteiger partial charge in [0.2, 0.25) is 0 Å². The predicted molar refractivity (Wildman–Crippen MR) is 499 cm³/mol. The van der Waals surface area contributed by atoms with Crippen LogP contribution in [0.4, 0.5) is 34.1 Å². The summed E-state index contributed by atoms with van der Waals surface area (Å²) in [6.07, 6.45) is 0. The van der Waals surface area contributed by atoms with Crippen molar-refractivity contribution in [2.24, 2.45) is 0 Å². The normalized spacial score (nSPS) is 11.6. The Labute approximate surface area is 684 Å². The SMILES string of the molecule is c1ccc(-c2ccc(N(c3ccc(-c4ccc5c6ccccc6n(-c6ccccc6)c5c4)cc3)c3ccc(-n4c5ccccc5c5ccccc54)cc3)cc2)cc1.c1ccc(-c2ccc(N(c3ccc(-n4c5ccccc5c5ccccc54)cc3)c3ccc(-c4ccc5c6ccccc6n(-c6ccccc6)c5c4)c4ccccc34)cc2)cc1. The first-order valence-corrected chi connectivity index (χ1v) is 40.5. The third-order valence-corrected chi connectivity index (χ3v) is 23.6. The lowest BCUT2D eigenvalue weighted by molar-refractivity contribution is 1.17. The molecular weight excluding hydrogens is 1430 g/mol. The Morgan fingerprint density at radius 3 is 0.737 bits per heavy atom. The van der Waals surface area contributed by atoms with E-state index >= 15 is 0 Å². The summed E-state index contributed by atoms with van der Waals surface area (Å²) >= 11 is 0. The molecule has 23 aromatic rings. The highest BCUT2D eigenvalue weighted by atomic mass is 15.2. The van der Waals surface area contributed by atoms with Crippen molar-refractivity contribution in [2.75, 3.05) is 9.80 Å². The number of rotatable bonds is 14. The standard InChI is InChI=1S/C58H39N3.C54H37N3/c1-3-15-40(16-4-1)41-27-30-44(31-28-41)59(45-32-34-46(35-33-45)60-54-24-12-9-21-50(54)51-22-10-13-25-55(51)60)57-38-37-47(48-19-7-8-20-49(48)57)42-29-36-53-52-23-11-14-26-56(52)61(58(53)39-42)43-17-5-2-6-18-43;1-3-13-38(14-4-1)39-23-28-43(29-24-39)55(45-32-34-46(35-33-45)56-51-20-10-7-17-47(51)48-18-8-11-21-52(48)56)44-30-25-40(26-31-44)41-27-36-50-49-19-9-12-22-53(49)57(54(50)37-41)42-15-5-2-6-16-42/h1-39H;1-37H. The molecule has 0 aliphatic carbocycles. The van der Waals surface area contributed by atoms with E-state index in [4.69, 9.17) is 0 Å². The molecule has 0 saturated heterocycles. The molecule has 0 spiro atoms. The third kappa shape index (κ3) is 12.0. The molecule has 0 N–H and O–H groups in total. The van der Waals surface area contributed by atoms with Gasteiger partial charge in [-0.2, -0.15) is 0 Å². The second-order valence-corrected chi connectivity index (χ2v) is 30.3. The largest absolute Gasteiger partial charge is 0.311 e. The van der Waals surface area contributed by atoms with Crippen LogP contribution in [0.25, 0.3) is 165 Å². The molecule has 0 amide bonds. The van der Waals surface area contributed by atoms with Gasteiger partial charge in [0.25, 0.3) is 0 Å². The zero-order valence-corrected chi connectivity index (χ0v) is 64.6. The highest BCUT2D eigenvalue weighted by Crippen LogP contribution is 2.47. The van der Waals surface area contributed by atoms with E-state index in [1.165, 1.54) is 143 Å². The van der Waals surface area contributed by atoms with E-state index in [-0.39, 0.29) is 0 Å². The summed E-state index contributed by atoms with van der Waals surface area (Å²) < 4.78 is 9.53. The average molecular weight is 1510 g/mol. The van der Waals surface area contributed by atoms with Crippen LogP contribution >= 0.6 is 0 Å². The minimum Gasteiger partial charge on any atom is -0.311 e. The molecule has 0 atom stereocenters. The van der Waals surface area contributed by atoms with Crippen molar-refractivity contribution in [3.05, 3.63) is 461 Å². The van der Waals surface area contributed by atoms with Crippen LogP contribution in [0.2, 0.25) is 0 Å². The van der Waals surface area contributed by atoms with Crippen molar-refractivity contribution in [2.45, 2.75) is 0 Å². The number of hydrogen-bond acceptors (Lipinski definition) is 2. The number of anilines is 6. The topological polar surface area (TPSA) is 26.2 Å². The van der Waals surface area contributed by atoms with Gasteiger partial charge in [0.05, 0.1) is 49.8 Å². The number of fused-ring (bicyclic) bond motifs is 13. The Morgan fingerprint density at radius 1 is 0.136 bits per heavy atom. The molecule has 0 aliphatic heterocycles. The molecule has 118 heavy (non-hydrogen) atoms. The molecule has 0 radical (unpaired) electrons. The number of para-hydroxylation sites is 8. The summed E-state index contributed by atoms with van der Waals surface area (Å²) in [5.41, 5.74) is 30.3. The Morgan fingerprint density at radius 2 is 0.373 bits per heavy atom. The van der Waals surface area contributed by atoms with Gasteiger partial charge in [-0.15, -0.1) is 0 Å². The zero-order chi connectivity index (χ0) is 78.0. The number of benzene rings is 19. The van der Waals surface area contributed by atoms with Crippen LogP contribution in [0, 0.1) is 0 Å². The van der Waals surface area contributed by atoms with E-state index in [1.54, 1.807) is 0 Å². The monoisotopic (exact) mass is 1500 g/mol. The molecule has 23 rings (SSSR count). The lowest BCUT2D eigenvalue weighted by Crippen LogP contribution is -2.11. The first-order chi connectivity index (χ1) is 58.6. The van der Waals surface area contributed by atoms with Gasteiger partial charge in [0.1, 0.15) is 0 Å². The summed E-state index contributed by atoms with van der Waals surface area (Å²) in [6.45, 7) is 0. The van der Waals surface area contributed by atoms with Crippen LogP contribution in [0.15, 0.2) is 461 Å². The Kier molecular flexibility index (Phi) is 17.1. The van der Waals surface area contributed by atoms with Crippen LogP contribution < -0.4 is 9.80 Å². The smallest absolute Gasteiger partial charge is 0.0547 e. The van der Waals surface area contributed by atoms with E-state index in [1.807, 2.05) is 0 Å². The molecule has 554 valence electrons. The Hall–Kier alpha value is -15.8. The maximum Gasteiger partial charge on any atom is 0.0547 e. The molecular formula is C112H76N6. The molecule has 4 heterocycles. The minimum atomic E-state index is 1.09. The lowest BCUT2D eigenvalue weighted by Gasteiger charge is -2.28. The maximum atomic E-state index is 2.41. The fraction of sp³-hybridized carbons (Fsp3) is 0. The van der Waals surface area contributed by atoms with Crippen LogP contribution in [-0.2, 0) is 0 Å². The molecule has 0 unspecified atom stereocenters. The molecule has 0 bridgehead atoms. The molecule has 6 heteroatoms. The van der Waals surface area contributed by atoms with Gasteiger partial charge >= 0.3 is 0 Å². The van der Waals surface area contributed by atoms with Gasteiger partial charge in [-0.1, -0.05) is 297 Å². The van der Waals surface area contributed by atoms with E-state index < -0.39 is 0 Å². The first-order valence-electron chi connectivity index (χ1n) is 40.5. The lowest BCUT2D eigenvalue weighted by atomic mass is 9.95. The fourth-order valence-electron chi connectivity index (χ4n) is 18.2. The van der Waals surface area contributed by atoms with Crippen molar-refractivity contribution < 1.29 is 0 Å². The average Bonchev–Trinajstić information content (AvgIpc) is 1.58. The van der Waals surface area contributed by atoms with Gasteiger partial charge < -0.3 is 28.1 Å². The third-order valence-electron chi connectivity index (χ3n) is 23.6. The van der Waals surface area contributed by atoms with Gasteiger partial charge in [-0.3, -0.25) is 0 Å². The molecule has 6 nitrogen and oxygen atoms in total. The minimum absolute atomic E-state index is 1.09. The number of hydrogen-bond donors (Lipinski definition) is 0. The summed E-state index contributed by atoms with van der Waals surface area (Å²) in [5.74, 6) is 0. The summed E-state index contributed by atoms with van der Waals surface area (Å²) in [7, 11) is 0. The van der Waals surface area contributed by atoms with E-state index in [2.05, 4.69) is 489 Å². The molecule has 0 fully saturated rings. The van der Waals surface area contributed by atoms with E-state index in [0.29, 0.717) is 0 Å².